The molecule has 0 bridgehead atoms. The van der Waals surface area contributed by atoms with Crippen LogP contribution in [0, 0.1) is 0 Å². The van der Waals surface area contributed by atoms with Gasteiger partial charge in [0, 0.05) is 5.39 Å². The van der Waals surface area contributed by atoms with Crippen LogP contribution in [0.15, 0.2) is 59.7 Å². The lowest BCUT2D eigenvalue weighted by atomic mass is 10.2. The van der Waals surface area contributed by atoms with E-state index in [9.17, 15) is 18.3 Å². The number of benzene rings is 2. The number of alkyl halides is 3. The Morgan fingerprint density at radius 3 is 2.58 bits per heavy atom. The molecule has 122 valence electrons. The summed E-state index contributed by atoms with van der Waals surface area (Å²) < 4.78 is 38.7. The Kier molecular flexibility index (Phi) is 4.07. The summed E-state index contributed by atoms with van der Waals surface area (Å²) in [6.45, 7) is 0. The van der Waals surface area contributed by atoms with Crippen LogP contribution in [0.4, 0.5) is 18.9 Å². The predicted molar refractivity (Wildman–Crippen MR) is 86.1 cm³/mol. The molecule has 1 aromatic heterocycles. The third-order valence-corrected chi connectivity index (χ3v) is 3.33. The van der Waals surface area contributed by atoms with Gasteiger partial charge in [0.1, 0.15) is 11.3 Å². The first-order valence-corrected chi connectivity index (χ1v) is 6.99. The van der Waals surface area contributed by atoms with E-state index in [0.717, 1.165) is 11.5 Å². The smallest absolute Gasteiger partial charge is 0.418 e. The number of rotatable bonds is 3. The molecular formula is C17H12F3N3O. The lowest BCUT2D eigenvalue weighted by molar-refractivity contribution is -0.136. The summed E-state index contributed by atoms with van der Waals surface area (Å²) in [6, 6.07) is 13.5. The zero-order valence-electron chi connectivity index (χ0n) is 12.2. The van der Waals surface area contributed by atoms with Crippen molar-refractivity contribution in [2.75, 3.05) is 5.43 Å². The van der Waals surface area contributed by atoms with E-state index in [0.29, 0.717) is 11.2 Å². The lowest BCUT2D eigenvalue weighted by Crippen LogP contribution is -2.08. The first kappa shape index (κ1) is 15.8. The molecule has 0 saturated carbocycles. The maximum Gasteiger partial charge on any atom is 0.418 e. The molecule has 2 aromatic carbocycles. The Labute approximate surface area is 135 Å². The monoisotopic (exact) mass is 331 g/mol. The van der Waals surface area contributed by atoms with Gasteiger partial charge in [-0.25, -0.2) is 4.98 Å². The van der Waals surface area contributed by atoms with Crippen molar-refractivity contribution in [3.05, 3.63) is 65.9 Å². The van der Waals surface area contributed by atoms with Crippen molar-refractivity contribution in [1.82, 2.24) is 4.98 Å². The second kappa shape index (κ2) is 6.19. The Morgan fingerprint density at radius 1 is 1.00 bits per heavy atom. The minimum Gasteiger partial charge on any atom is -0.506 e. The van der Waals surface area contributed by atoms with Crippen LogP contribution >= 0.6 is 0 Å². The molecule has 7 heteroatoms. The van der Waals surface area contributed by atoms with E-state index < -0.39 is 11.7 Å². The maximum atomic E-state index is 12.9. The minimum absolute atomic E-state index is 0.0260. The maximum absolute atomic E-state index is 12.9. The number of para-hydroxylation sites is 2. The Hall–Kier alpha value is -3.09. The molecule has 0 radical (unpaired) electrons. The zero-order valence-corrected chi connectivity index (χ0v) is 12.2. The van der Waals surface area contributed by atoms with Gasteiger partial charge in [-0.05, 0) is 24.3 Å². The molecule has 3 rings (SSSR count). The van der Waals surface area contributed by atoms with Crippen LogP contribution in [0.25, 0.3) is 10.9 Å². The van der Waals surface area contributed by atoms with Crippen molar-refractivity contribution in [3.63, 3.8) is 0 Å². The molecule has 0 aliphatic heterocycles. The number of phenols is 1. The van der Waals surface area contributed by atoms with Gasteiger partial charge in [0.2, 0.25) is 0 Å². The normalized spacial score (nSPS) is 12.0. The third-order valence-electron chi connectivity index (χ3n) is 3.33. The van der Waals surface area contributed by atoms with E-state index in [1.54, 1.807) is 24.3 Å². The largest absolute Gasteiger partial charge is 0.506 e. The molecule has 4 nitrogen and oxygen atoms in total. The fourth-order valence-electron chi connectivity index (χ4n) is 2.21. The van der Waals surface area contributed by atoms with Crippen molar-refractivity contribution in [2.24, 2.45) is 5.10 Å². The van der Waals surface area contributed by atoms with Crippen molar-refractivity contribution in [1.29, 1.82) is 0 Å². The number of phenolic OH excluding ortho intramolecular Hbond substituents is 1. The van der Waals surface area contributed by atoms with Crippen LogP contribution in [0.3, 0.4) is 0 Å². The van der Waals surface area contributed by atoms with Gasteiger partial charge in [-0.2, -0.15) is 18.3 Å². The highest BCUT2D eigenvalue weighted by molar-refractivity contribution is 5.88. The van der Waals surface area contributed by atoms with Gasteiger partial charge in [0.05, 0.1) is 23.2 Å². The predicted octanol–water partition coefficient (Wildman–Crippen LogP) is 4.41. The molecule has 0 spiro atoms. The number of hydrogen-bond donors (Lipinski definition) is 2. The van der Waals surface area contributed by atoms with E-state index >= 15 is 0 Å². The van der Waals surface area contributed by atoms with Gasteiger partial charge < -0.3 is 5.11 Å². The van der Waals surface area contributed by atoms with Crippen LogP contribution in [0.5, 0.6) is 5.75 Å². The highest BCUT2D eigenvalue weighted by atomic mass is 19.4. The molecule has 0 aliphatic rings. The summed E-state index contributed by atoms with van der Waals surface area (Å²) in [5, 5.41) is 14.3. The molecule has 24 heavy (non-hydrogen) atoms. The third kappa shape index (κ3) is 3.29. The quantitative estimate of drug-likeness (QED) is 0.552. The minimum atomic E-state index is -4.47. The van der Waals surface area contributed by atoms with Crippen LogP contribution in [0.1, 0.15) is 11.3 Å². The number of halogens is 3. The SMILES string of the molecule is Oc1cccc2ccc(/C=N/Nc3ccccc3C(F)(F)F)nc12. The topological polar surface area (TPSA) is 57.5 Å². The standard InChI is InChI=1S/C17H12F3N3O/c18-17(19,20)13-5-1-2-6-14(13)23-21-10-12-9-8-11-4-3-7-15(24)16(11)22-12/h1-10,23-24H/b21-10+. The van der Waals surface area contributed by atoms with E-state index in [1.807, 2.05) is 0 Å². The number of hydrogen-bond acceptors (Lipinski definition) is 4. The van der Waals surface area contributed by atoms with Crippen LogP contribution in [-0.4, -0.2) is 16.3 Å². The molecule has 0 unspecified atom stereocenters. The molecule has 0 aliphatic carbocycles. The number of pyridine rings is 1. The van der Waals surface area contributed by atoms with Gasteiger partial charge in [0.15, 0.2) is 0 Å². The number of aromatic nitrogens is 1. The number of fused-ring (bicyclic) bond motifs is 1. The molecule has 0 fully saturated rings. The molecular weight excluding hydrogens is 319 g/mol. The summed E-state index contributed by atoms with van der Waals surface area (Å²) in [4.78, 5) is 4.22. The van der Waals surface area contributed by atoms with Crippen molar-refractivity contribution < 1.29 is 18.3 Å². The molecule has 3 aromatic rings. The van der Waals surface area contributed by atoms with Crippen LogP contribution in [-0.2, 0) is 6.18 Å². The summed E-state index contributed by atoms with van der Waals surface area (Å²) in [5.41, 5.74) is 2.23. The van der Waals surface area contributed by atoms with Gasteiger partial charge in [-0.15, -0.1) is 0 Å². The Bertz CT molecular complexity index is 907. The highest BCUT2D eigenvalue weighted by Crippen LogP contribution is 2.34. The second-order valence-electron chi connectivity index (χ2n) is 5.00. The summed E-state index contributed by atoms with van der Waals surface area (Å²) in [6.07, 6.45) is -3.18. The number of nitrogens with zero attached hydrogens (tertiary/aromatic N) is 2. The summed E-state index contributed by atoms with van der Waals surface area (Å²) in [7, 11) is 0. The van der Waals surface area contributed by atoms with Gasteiger partial charge in [0.25, 0.3) is 0 Å². The molecule has 0 atom stereocenters. The fourth-order valence-corrected chi connectivity index (χ4v) is 2.21. The van der Waals surface area contributed by atoms with E-state index in [1.165, 1.54) is 30.5 Å². The average molecular weight is 331 g/mol. The van der Waals surface area contributed by atoms with Gasteiger partial charge >= 0.3 is 6.18 Å². The Morgan fingerprint density at radius 2 is 1.79 bits per heavy atom. The van der Waals surface area contributed by atoms with Gasteiger partial charge in [-0.3, -0.25) is 5.43 Å². The molecule has 0 amide bonds. The number of nitrogens with one attached hydrogen (secondary N) is 1. The lowest BCUT2D eigenvalue weighted by Gasteiger charge is -2.11. The molecule has 0 saturated heterocycles. The number of aromatic hydroxyl groups is 1. The van der Waals surface area contributed by atoms with Crippen LogP contribution < -0.4 is 5.43 Å². The Balaban J connectivity index is 1.84. The summed E-state index contributed by atoms with van der Waals surface area (Å²) in [5.74, 6) is 0.0260. The average Bonchev–Trinajstić information content (AvgIpc) is 2.55. The first-order valence-electron chi connectivity index (χ1n) is 6.99. The van der Waals surface area contributed by atoms with E-state index in [4.69, 9.17) is 0 Å². The van der Waals surface area contributed by atoms with Crippen molar-refractivity contribution in [3.8, 4) is 5.75 Å². The fraction of sp³-hybridized carbons (Fsp3) is 0.0588. The molecule has 2 N–H and O–H groups in total. The molecule has 1 heterocycles. The highest BCUT2D eigenvalue weighted by Gasteiger charge is 2.33. The first-order chi connectivity index (χ1) is 11.4. The second-order valence-corrected chi connectivity index (χ2v) is 5.00. The number of anilines is 1. The number of hydrazone groups is 1. The van der Waals surface area contributed by atoms with E-state index in [2.05, 4.69) is 15.5 Å². The van der Waals surface area contributed by atoms with E-state index in [-0.39, 0.29) is 11.4 Å². The van der Waals surface area contributed by atoms with Gasteiger partial charge in [-0.1, -0.05) is 30.3 Å². The zero-order chi connectivity index (χ0) is 17.2. The van der Waals surface area contributed by atoms with Crippen molar-refractivity contribution in [2.45, 2.75) is 6.18 Å². The van der Waals surface area contributed by atoms with Crippen molar-refractivity contribution >= 4 is 22.8 Å². The van der Waals surface area contributed by atoms with Crippen LogP contribution in [0.2, 0.25) is 0 Å². The summed E-state index contributed by atoms with van der Waals surface area (Å²) >= 11 is 0.